The van der Waals surface area contributed by atoms with Crippen molar-refractivity contribution >= 4 is 17.5 Å². The van der Waals surface area contributed by atoms with E-state index in [1.807, 2.05) is 4.90 Å². The Hall–Kier alpha value is -4.20. The van der Waals surface area contributed by atoms with E-state index in [2.05, 4.69) is 30.6 Å². The van der Waals surface area contributed by atoms with Gasteiger partial charge in [-0.15, -0.1) is 5.10 Å². The number of pyridine rings is 1. The van der Waals surface area contributed by atoms with Crippen LogP contribution < -0.4 is 15.0 Å². The van der Waals surface area contributed by atoms with Crippen molar-refractivity contribution in [2.45, 2.75) is 18.8 Å². The largest absolute Gasteiger partial charge is 0.487 e. The van der Waals surface area contributed by atoms with E-state index in [9.17, 15) is 22.7 Å². The third kappa shape index (κ3) is 4.64. The van der Waals surface area contributed by atoms with Crippen molar-refractivity contribution in [3.05, 3.63) is 48.4 Å². The fraction of sp³-hybridized carbons (Fsp3) is 0.360. The molecule has 1 aliphatic heterocycles. The lowest BCUT2D eigenvalue weighted by atomic mass is 9.61. The first kappa shape index (κ1) is 25.1. The van der Waals surface area contributed by atoms with Crippen LogP contribution in [-0.4, -0.2) is 67.3 Å². The van der Waals surface area contributed by atoms with E-state index in [0.29, 0.717) is 47.7 Å². The summed E-state index contributed by atoms with van der Waals surface area (Å²) < 4.78 is 62.5. The summed E-state index contributed by atoms with van der Waals surface area (Å²) in [5.41, 5.74) is 0.597. The minimum absolute atomic E-state index is 0.0224. The Kier molecular flexibility index (Phi) is 5.93. The summed E-state index contributed by atoms with van der Waals surface area (Å²) in [5.74, 6) is -2.46. The Morgan fingerprint density at radius 2 is 1.92 bits per heavy atom. The van der Waals surface area contributed by atoms with Crippen molar-refractivity contribution in [2.24, 2.45) is 12.5 Å². The molecule has 2 fully saturated rings. The zero-order valence-electron chi connectivity index (χ0n) is 20.8. The Labute approximate surface area is 219 Å². The first-order valence-corrected chi connectivity index (χ1v) is 12.2. The fourth-order valence-electron chi connectivity index (χ4n) is 5.26. The fourth-order valence-corrected chi connectivity index (χ4v) is 5.26. The number of aliphatic hydroxyl groups is 1. The molecule has 14 heteroatoms. The lowest BCUT2D eigenvalue weighted by Gasteiger charge is -2.59. The Balaban J connectivity index is 1.21. The summed E-state index contributed by atoms with van der Waals surface area (Å²) in [7, 11) is 1.66. The maximum atomic E-state index is 14.7. The molecule has 2 aliphatic rings. The van der Waals surface area contributed by atoms with Gasteiger partial charge in [-0.3, -0.25) is 5.10 Å². The monoisotopic (exact) mass is 544 g/mol. The molecular weight excluding hydrogens is 520 g/mol. The van der Waals surface area contributed by atoms with Crippen molar-refractivity contribution < 1.29 is 27.4 Å². The van der Waals surface area contributed by atoms with Crippen LogP contribution in [0.5, 0.6) is 5.75 Å². The second kappa shape index (κ2) is 9.22. The molecule has 4 heterocycles. The summed E-state index contributed by atoms with van der Waals surface area (Å²) >= 11 is 0. The van der Waals surface area contributed by atoms with E-state index in [1.165, 1.54) is 23.0 Å². The van der Waals surface area contributed by atoms with Gasteiger partial charge >= 0.3 is 0 Å². The number of aromatic amines is 1. The Bertz CT molecular complexity index is 1520. The van der Waals surface area contributed by atoms with Crippen molar-refractivity contribution in [3.63, 3.8) is 0 Å². The average Bonchev–Trinajstić information content (AvgIpc) is 3.44. The minimum Gasteiger partial charge on any atom is -0.487 e. The highest BCUT2D eigenvalue weighted by atomic mass is 19.3. The number of hydrogen-bond acceptors (Lipinski definition) is 8. The second-order valence-corrected chi connectivity index (χ2v) is 9.98. The number of ether oxygens (including phenoxy) is 1. The van der Waals surface area contributed by atoms with Crippen LogP contribution in [0.3, 0.4) is 0 Å². The third-order valence-electron chi connectivity index (χ3n) is 6.93. The van der Waals surface area contributed by atoms with Gasteiger partial charge in [0.15, 0.2) is 17.4 Å². The summed E-state index contributed by atoms with van der Waals surface area (Å²) in [4.78, 5) is 10.9. The van der Waals surface area contributed by atoms with E-state index >= 15 is 0 Å². The van der Waals surface area contributed by atoms with Crippen molar-refractivity contribution in [2.75, 3.05) is 36.5 Å². The maximum absolute atomic E-state index is 14.7. The Morgan fingerprint density at radius 3 is 2.59 bits per heavy atom. The molecule has 1 aromatic carbocycles. The summed E-state index contributed by atoms with van der Waals surface area (Å²) in [6, 6.07) is 5.91. The van der Waals surface area contributed by atoms with Gasteiger partial charge in [0, 0.05) is 61.4 Å². The van der Waals surface area contributed by atoms with E-state index in [0.717, 1.165) is 0 Å². The molecule has 3 aromatic heterocycles. The van der Waals surface area contributed by atoms with Crippen LogP contribution in [0.25, 0.3) is 22.5 Å². The number of alkyl halides is 2. The molecule has 0 radical (unpaired) electrons. The van der Waals surface area contributed by atoms with Crippen molar-refractivity contribution in [3.8, 4) is 28.3 Å². The number of aromatic nitrogens is 6. The van der Waals surface area contributed by atoms with Crippen LogP contribution >= 0.6 is 0 Å². The van der Waals surface area contributed by atoms with Gasteiger partial charge in [0.1, 0.15) is 12.4 Å². The number of anilines is 3. The first-order chi connectivity index (χ1) is 18.7. The number of aliphatic hydroxyl groups excluding tert-OH is 1. The molecule has 39 heavy (non-hydrogen) atoms. The van der Waals surface area contributed by atoms with Crippen LogP contribution in [0.1, 0.15) is 12.8 Å². The third-order valence-corrected chi connectivity index (χ3v) is 6.93. The molecule has 3 N–H and O–H groups in total. The molecular formula is C25H24F4N8O2. The lowest BCUT2D eigenvalue weighted by molar-refractivity contribution is -0.170. The van der Waals surface area contributed by atoms with Gasteiger partial charge < -0.3 is 20.1 Å². The van der Waals surface area contributed by atoms with Crippen molar-refractivity contribution in [1.29, 1.82) is 0 Å². The predicted octanol–water partition coefficient (Wildman–Crippen LogP) is 3.90. The predicted molar refractivity (Wildman–Crippen MR) is 133 cm³/mol. The summed E-state index contributed by atoms with van der Waals surface area (Å²) in [6.45, 7) is 0.742. The SMILES string of the molecule is Cn1nc(-c2cnc(N3CC4(C3)CC(F)(F)C4)c(OCCO)c2)nc1Nc1ccc(-c2cn[nH]c2F)c(F)c1. The number of H-pyrrole nitrogens is 1. The van der Waals surface area contributed by atoms with Crippen LogP contribution in [0, 0.1) is 17.2 Å². The number of rotatable bonds is 8. The van der Waals surface area contributed by atoms with E-state index in [-0.39, 0.29) is 42.6 Å². The van der Waals surface area contributed by atoms with Crippen LogP contribution in [0.15, 0.2) is 36.7 Å². The summed E-state index contributed by atoms with van der Waals surface area (Å²) in [6.07, 6.45) is 2.53. The van der Waals surface area contributed by atoms with Gasteiger partial charge in [-0.05, 0) is 24.3 Å². The molecule has 0 unspecified atom stereocenters. The number of aryl methyl sites for hydroxylation is 1. The molecule has 4 aromatic rings. The highest BCUT2D eigenvalue weighted by molar-refractivity contribution is 5.69. The number of hydrogen-bond donors (Lipinski definition) is 3. The van der Waals surface area contributed by atoms with Gasteiger partial charge in [-0.2, -0.15) is 14.5 Å². The first-order valence-electron chi connectivity index (χ1n) is 12.2. The maximum Gasteiger partial charge on any atom is 0.249 e. The normalized spacial score (nSPS) is 17.1. The van der Waals surface area contributed by atoms with Gasteiger partial charge in [-0.25, -0.2) is 22.8 Å². The van der Waals surface area contributed by atoms with Crippen LogP contribution in [0.2, 0.25) is 0 Å². The van der Waals surface area contributed by atoms with Gasteiger partial charge in [0.05, 0.1) is 18.4 Å². The molecule has 6 rings (SSSR count). The molecule has 0 bridgehead atoms. The van der Waals surface area contributed by atoms with Crippen LogP contribution in [-0.2, 0) is 7.05 Å². The number of nitrogens with zero attached hydrogens (tertiary/aromatic N) is 6. The quantitative estimate of drug-likeness (QED) is 0.286. The van der Waals surface area contributed by atoms with E-state index in [1.54, 1.807) is 25.4 Å². The molecule has 1 saturated carbocycles. The molecule has 1 aliphatic carbocycles. The molecule has 1 saturated heterocycles. The smallest absolute Gasteiger partial charge is 0.249 e. The van der Waals surface area contributed by atoms with Gasteiger partial charge in [0.2, 0.25) is 17.8 Å². The summed E-state index contributed by atoms with van der Waals surface area (Å²) in [5, 5.41) is 22.4. The molecule has 204 valence electrons. The van der Waals surface area contributed by atoms with Crippen LogP contribution in [0.4, 0.5) is 35.0 Å². The number of benzene rings is 1. The molecule has 0 amide bonds. The standard InChI is InChI=1S/C25H24F4N8O2/c1-36-23(32-15-2-3-16(18(26)7-15)17-9-31-34-20(17)27)33-21(35-36)14-6-19(39-5-4-38)22(30-8-14)37-12-24(13-37)10-25(28,29)11-24/h2-3,6-9,38H,4-5,10-13H2,1H3,(H,31,34)(H,32,33,35). The number of halogens is 4. The second-order valence-electron chi connectivity index (χ2n) is 9.98. The molecule has 1 spiro atoms. The lowest BCUT2D eigenvalue weighted by Crippen LogP contribution is -2.66. The number of nitrogens with one attached hydrogen (secondary N) is 2. The van der Waals surface area contributed by atoms with E-state index < -0.39 is 17.7 Å². The van der Waals surface area contributed by atoms with E-state index in [4.69, 9.17) is 4.74 Å². The van der Waals surface area contributed by atoms with Gasteiger partial charge in [-0.1, -0.05) is 0 Å². The Morgan fingerprint density at radius 1 is 1.13 bits per heavy atom. The zero-order valence-corrected chi connectivity index (χ0v) is 20.8. The van der Waals surface area contributed by atoms with Gasteiger partial charge in [0.25, 0.3) is 0 Å². The average molecular weight is 545 g/mol. The highest BCUT2D eigenvalue weighted by Gasteiger charge is 2.62. The zero-order chi connectivity index (χ0) is 27.4. The highest BCUT2D eigenvalue weighted by Crippen LogP contribution is 2.57. The van der Waals surface area contributed by atoms with Crippen molar-refractivity contribution in [1.82, 2.24) is 29.9 Å². The molecule has 10 nitrogen and oxygen atoms in total. The molecule has 0 atom stereocenters. The topological polar surface area (TPSA) is 117 Å². The minimum atomic E-state index is -2.60.